The molecular weight excluding hydrogens is 228 g/mol. The number of nitrogens with zero attached hydrogens (tertiary/aromatic N) is 4. The van der Waals surface area contributed by atoms with Crippen molar-refractivity contribution in [2.75, 3.05) is 13.1 Å². The molecule has 3 heterocycles. The third-order valence-corrected chi connectivity index (χ3v) is 3.35. The van der Waals surface area contributed by atoms with Crippen LogP contribution in [0.25, 0.3) is 5.78 Å². The first-order chi connectivity index (χ1) is 8.84. The summed E-state index contributed by atoms with van der Waals surface area (Å²) in [7, 11) is 0. The van der Waals surface area contributed by atoms with Crippen molar-refractivity contribution >= 4 is 11.7 Å². The van der Waals surface area contributed by atoms with Gasteiger partial charge >= 0.3 is 0 Å². The highest BCUT2D eigenvalue weighted by Gasteiger charge is 2.19. The lowest BCUT2D eigenvalue weighted by atomic mass is 10.2. The number of hydrogen-bond acceptors (Lipinski definition) is 3. The highest BCUT2D eigenvalue weighted by atomic mass is 16.2. The summed E-state index contributed by atoms with van der Waals surface area (Å²) in [5.41, 5.74) is 0.496. The van der Waals surface area contributed by atoms with E-state index < -0.39 is 0 Å². The number of aromatic nitrogens is 3. The zero-order valence-electron chi connectivity index (χ0n) is 10.2. The molecular formula is C13H16N4O. The predicted octanol–water partition coefficient (Wildman–Crippen LogP) is 1.75. The van der Waals surface area contributed by atoms with Gasteiger partial charge in [-0.15, -0.1) is 0 Å². The fraction of sp³-hybridized carbons (Fsp3) is 0.462. The fourth-order valence-corrected chi connectivity index (χ4v) is 2.37. The molecule has 1 aliphatic heterocycles. The van der Waals surface area contributed by atoms with Gasteiger partial charge in [0, 0.05) is 31.7 Å². The molecule has 5 heteroatoms. The molecule has 94 valence electrons. The largest absolute Gasteiger partial charge is 0.337 e. The number of carbonyl (C=O) groups excluding carboxylic acids is 1. The molecule has 0 atom stereocenters. The number of imidazole rings is 1. The van der Waals surface area contributed by atoms with Crippen LogP contribution < -0.4 is 0 Å². The van der Waals surface area contributed by atoms with E-state index in [0.29, 0.717) is 11.5 Å². The topological polar surface area (TPSA) is 50.5 Å². The smallest absolute Gasteiger partial charge is 0.274 e. The minimum Gasteiger partial charge on any atom is -0.337 e. The normalized spacial score (nSPS) is 16.8. The molecule has 5 nitrogen and oxygen atoms in total. The van der Waals surface area contributed by atoms with Crippen molar-refractivity contribution in [1.29, 1.82) is 0 Å². The van der Waals surface area contributed by atoms with Crippen molar-refractivity contribution in [1.82, 2.24) is 19.3 Å². The molecule has 0 radical (unpaired) electrons. The predicted molar refractivity (Wildman–Crippen MR) is 67.4 cm³/mol. The van der Waals surface area contributed by atoms with Gasteiger partial charge in [0.2, 0.25) is 5.78 Å². The number of rotatable bonds is 1. The van der Waals surface area contributed by atoms with Crippen LogP contribution in [-0.4, -0.2) is 38.3 Å². The van der Waals surface area contributed by atoms with E-state index in [1.165, 1.54) is 12.8 Å². The van der Waals surface area contributed by atoms with Crippen LogP contribution >= 0.6 is 0 Å². The van der Waals surface area contributed by atoms with Crippen LogP contribution in [0.2, 0.25) is 0 Å². The maximum Gasteiger partial charge on any atom is 0.274 e. The van der Waals surface area contributed by atoms with E-state index in [0.717, 1.165) is 25.9 Å². The number of hydrogen-bond donors (Lipinski definition) is 0. The SMILES string of the molecule is O=C(c1cn2cccnc2n1)N1CCCCCC1. The quantitative estimate of drug-likeness (QED) is 0.768. The molecule has 0 N–H and O–H groups in total. The Kier molecular flexibility index (Phi) is 2.96. The number of fused-ring (bicyclic) bond motifs is 1. The molecule has 0 unspecified atom stereocenters. The second kappa shape index (κ2) is 4.76. The van der Waals surface area contributed by atoms with Crippen molar-refractivity contribution in [3.05, 3.63) is 30.4 Å². The van der Waals surface area contributed by atoms with Crippen molar-refractivity contribution in [3.63, 3.8) is 0 Å². The Bertz CT molecular complexity index is 522. The van der Waals surface area contributed by atoms with Crippen molar-refractivity contribution in [2.24, 2.45) is 0 Å². The third kappa shape index (κ3) is 2.08. The van der Waals surface area contributed by atoms with E-state index in [9.17, 15) is 4.79 Å². The summed E-state index contributed by atoms with van der Waals surface area (Å²) in [5, 5.41) is 0. The molecule has 3 rings (SSSR count). The Labute approximate surface area is 105 Å². The lowest BCUT2D eigenvalue weighted by Gasteiger charge is -2.18. The number of likely N-dealkylation sites (tertiary alicyclic amines) is 1. The minimum atomic E-state index is 0.0300. The van der Waals surface area contributed by atoms with Crippen molar-refractivity contribution < 1.29 is 4.79 Å². The van der Waals surface area contributed by atoms with Crippen LogP contribution in [0.3, 0.4) is 0 Å². The van der Waals surface area contributed by atoms with Gasteiger partial charge in [0.05, 0.1) is 0 Å². The lowest BCUT2D eigenvalue weighted by Crippen LogP contribution is -2.32. The summed E-state index contributed by atoms with van der Waals surface area (Å²) in [6.45, 7) is 1.69. The molecule has 1 fully saturated rings. The molecule has 2 aromatic heterocycles. The van der Waals surface area contributed by atoms with Crippen LogP contribution in [-0.2, 0) is 0 Å². The first kappa shape index (κ1) is 11.2. The molecule has 2 aromatic rings. The highest BCUT2D eigenvalue weighted by Crippen LogP contribution is 2.13. The maximum atomic E-state index is 12.3. The Morgan fingerprint density at radius 1 is 1.17 bits per heavy atom. The summed E-state index contributed by atoms with van der Waals surface area (Å²) in [6.07, 6.45) is 9.92. The molecule has 0 aliphatic carbocycles. The van der Waals surface area contributed by atoms with E-state index in [1.807, 2.05) is 17.2 Å². The van der Waals surface area contributed by atoms with E-state index in [-0.39, 0.29) is 5.91 Å². The van der Waals surface area contributed by atoms with Gasteiger partial charge in [-0.3, -0.25) is 9.20 Å². The van der Waals surface area contributed by atoms with Crippen LogP contribution in [0.5, 0.6) is 0 Å². The molecule has 1 aliphatic rings. The second-order valence-corrected chi connectivity index (χ2v) is 4.66. The van der Waals surface area contributed by atoms with Gasteiger partial charge in [-0.05, 0) is 18.9 Å². The van der Waals surface area contributed by atoms with Gasteiger partial charge in [-0.25, -0.2) is 9.97 Å². The monoisotopic (exact) mass is 244 g/mol. The zero-order chi connectivity index (χ0) is 12.4. The Morgan fingerprint density at radius 3 is 2.67 bits per heavy atom. The van der Waals surface area contributed by atoms with Gasteiger partial charge in [0.1, 0.15) is 5.69 Å². The van der Waals surface area contributed by atoms with Crippen molar-refractivity contribution in [3.8, 4) is 0 Å². The van der Waals surface area contributed by atoms with Crippen LogP contribution in [0.15, 0.2) is 24.7 Å². The highest BCUT2D eigenvalue weighted by molar-refractivity contribution is 5.92. The van der Waals surface area contributed by atoms with Gasteiger partial charge in [-0.1, -0.05) is 12.8 Å². The Morgan fingerprint density at radius 2 is 1.94 bits per heavy atom. The molecule has 0 bridgehead atoms. The van der Waals surface area contributed by atoms with E-state index in [4.69, 9.17) is 0 Å². The van der Waals surface area contributed by atoms with Gasteiger partial charge in [0.25, 0.3) is 5.91 Å². The molecule has 1 saturated heterocycles. The molecule has 0 aromatic carbocycles. The van der Waals surface area contributed by atoms with E-state index >= 15 is 0 Å². The fourth-order valence-electron chi connectivity index (χ4n) is 2.37. The Balaban J connectivity index is 1.86. The first-order valence-corrected chi connectivity index (χ1v) is 6.43. The molecule has 1 amide bonds. The maximum absolute atomic E-state index is 12.3. The van der Waals surface area contributed by atoms with Gasteiger partial charge in [0.15, 0.2) is 0 Å². The summed E-state index contributed by atoms with van der Waals surface area (Å²) in [6, 6.07) is 1.83. The summed E-state index contributed by atoms with van der Waals surface area (Å²) in [4.78, 5) is 22.7. The van der Waals surface area contributed by atoms with E-state index in [2.05, 4.69) is 9.97 Å². The van der Waals surface area contributed by atoms with Crippen LogP contribution in [0, 0.1) is 0 Å². The Hall–Kier alpha value is -1.91. The number of carbonyl (C=O) groups is 1. The zero-order valence-corrected chi connectivity index (χ0v) is 10.2. The molecule has 0 saturated carbocycles. The van der Waals surface area contributed by atoms with Crippen LogP contribution in [0.1, 0.15) is 36.2 Å². The summed E-state index contributed by atoms with van der Waals surface area (Å²) < 4.78 is 1.78. The minimum absolute atomic E-state index is 0.0300. The van der Waals surface area contributed by atoms with Gasteiger partial charge in [-0.2, -0.15) is 0 Å². The average molecular weight is 244 g/mol. The molecule has 0 spiro atoms. The number of amides is 1. The average Bonchev–Trinajstić information content (AvgIpc) is 2.64. The summed E-state index contributed by atoms with van der Waals surface area (Å²) in [5.74, 6) is 0.609. The summed E-state index contributed by atoms with van der Waals surface area (Å²) >= 11 is 0. The van der Waals surface area contributed by atoms with Crippen molar-refractivity contribution in [2.45, 2.75) is 25.7 Å². The van der Waals surface area contributed by atoms with Gasteiger partial charge < -0.3 is 4.90 Å². The second-order valence-electron chi connectivity index (χ2n) is 4.66. The first-order valence-electron chi connectivity index (χ1n) is 6.43. The van der Waals surface area contributed by atoms with E-state index in [1.54, 1.807) is 16.8 Å². The standard InChI is InChI=1S/C13H16N4O/c18-12(16-7-3-1-2-4-8-16)11-10-17-9-5-6-14-13(17)15-11/h5-6,9-10H,1-4,7-8H2. The van der Waals surface area contributed by atoms with Crippen LogP contribution in [0.4, 0.5) is 0 Å². The lowest BCUT2D eigenvalue weighted by molar-refractivity contribution is 0.0756. The molecule has 18 heavy (non-hydrogen) atoms. The third-order valence-electron chi connectivity index (χ3n) is 3.35.